The van der Waals surface area contributed by atoms with Crippen molar-refractivity contribution in [1.82, 2.24) is 5.32 Å². The summed E-state index contributed by atoms with van der Waals surface area (Å²) < 4.78 is 0. The monoisotopic (exact) mass is 325 g/mol. The van der Waals surface area contributed by atoms with Crippen LogP contribution in [0.4, 0.5) is 0 Å². The van der Waals surface area contributed by atoms with Gasteiger partial charge in [0, 0.05) is 6.04 Å². The van der Waals surface area contributed by atoms with Crippen LogP contribution in [0.5, 0.6) is 0 Å². The summed E-state index contributed by atoms with van der Waals surface area (Å²) in [4.78, 5) is 12.7. The Balaban J connectivity index is 1.89. The number of fused-ring (bicyclic) bond motifs is 2. The summed E-state index contributed by atoms with van der Waals surface area (Å²) in [5.41, 5.74) is 0.705. The third-order valence-electron chi connectivity index (χ3n) is 5.74. The van der Waals surface area contributed by atoms with Crippen molar-refractivity contribution in [3.8, 4) is 0 Å². The maximum absolute atomic E-state index is 12.7. The molecule has 2 fully saturated rings. The molecule has 0 spiro atoms. The Hall–Kier alpha value is -0.730. The topological polar surface area (TPSA) is 29.1 Å². The summed E-state index contributed by atoms with van der Waals surface area (Å²) in [5, 5.41) is 4.05. The van der Waals surface area contributed by atoms with Crippen molar-refractivity contribution in [2.24, 2.45) is 16.7 Å². The summed E-state index contributed by atoms with van der Waals surface area (Å²) in [6.45, 7) is 6.82. The van der Waals surface area contributed by atoms with Gasteiger partial charge in [-0.2, -0.15) is 0 Å². The minimum Gasteiger partial charge on any atom is -0.348 e. The molecule has 3 rings (SSSR count). The normalized spacial score (nSPS) is 33.2. The van der Waals surface area contributed by atoms with Crippen molar-refractivity contribution in [3.63, 3.8) is 0 Å². The van der Waals surface area contributed by atoms with Gasteiger partial charge >= 0.3 is 0 Å². The molecule has 1 aromatic carbocycles. The molecule has 114 valence electrons. The van der Waals surface area contributed by atoms with E-state index in [0.29, 0.717) is 21.5 Å². The lowest BCUT2D eigenvalue weighted by atomic mass is 9.68. The highest BCUT2D eigenvalue weighted by Gasteiger charge is 2.59. The van der Waals surface area contributed by atoms with E-state index in [1.807, 2.05) is 0 Å². The summed E-state index contributed by atoms with van der Waals surface area (Å²) >= 11 is 12.3. The van der Waals surface area contributed by atoms with Crippen LogP contribution in [0.25, 0.3) is 0 Å². The molecule has 0 saturated heterocycles. The predicted octanol–water partition coefficient (Wildman–Crippen LogP) is 4.94. The van der Waals surface area contributed by atoms with Crippen LogP contribution in [0.3, 0.4) is 0 Å². The van der Waals surface area contributed by atoms with Crippen LogP contribution in [0.2, 0.25) is 10.0 Å². The molecule has 1 amide bonds. The molecule has 0 heterocycles. The van der Waals surface area contributed by atoms with Gasteiger partial charge in [-0.25, -0.2) is 0 Å². The molecule has 2 aliphatic rings. The first-order chi connectivity index (χ1) is 9.75. The second-order valence-corrected chi connectivity index (χ2v) is 8.23. The number of halogens is 2. The minimum absolute atomic E-state index is 0.121. The number of hydrogen-bond donors (Lipinski definition) is 1. The van der Waals surface area contributed by atoms with Crippen molar-refractivity contribution in [3.05, 3.63) is 33.8 Å². The van der Waals surface area contributed by atoms with Gasteiger partial charge < -0.3 is 5.32 Å². The largest absolute Gasteiger partial charge is 0.348 e. The van der Waals surface area contributed by atoms with Gasteiger partial charge in [0.1, 0.15) is 0 Å². The zero-order valence-electron chi connectivity index (χ0n) is 12.7. The number of amides is 1. The zero-order valence-corrected chi connectivity index (χ0v) is 14.2. The Labute approximate surface area is 136 Å². The Bertz CT molecular complexity index is 573. The van der Waals surface area contributed by atoms with E-state index in [9.17, 15) is 4.79 Å². The quantitative estimate of drug-likeness (QED) is 0.819. The first kappa shape index (κ1) is 15.2. The first-order valence-corrected chi connectivity index (χ1v) is 8.26. The smallest absolute Gasteiger partial charge is 0.254 e. The van der Waals surface area contributed by atoms with Crippen LogP contribution in [0.1, 0.15) is 50.4 Å². The summed E-state index contributed by atoms with van der Waals surface area (Å²) in [5.74, 6) is 0.534. The molecule has 2 saturated carbocycles. The van der Waals surface area contributed by atoms with Crippen LogP contribution >= 0.6 is 23.2 Å². The number of hydrogen-bond acceptors (Lipinski definition) is 1. The Morgan fingerprint density at radius 1 is 1.24 bits per heavy atom. The molecule has 0 radical (unpaired) electrons. The highest BCUT2D eigenvalue weighted by molar-refractivity contribution is 6.39. The second-order valence-electron chi connectivity index (χ2n) is 7.42. The molecule has 2 bridgehead atoms. The predicted molar refractivity (Wildman–Crippen MR) is 86.9 cm³/mol. The van der Waals surface area contributed by atoms with Gasteiger partial charge in [0.05, 0.1) is 15.6 Å². The van der Waals surface area contributed by atoms with Crippen molar-refractivity contribution < 1.29 is 4.79 Å². The highest BCUT2D eigenvalue weighted by Crippen LogP contribution is 2.62. The zero-order chi connectivity index (χ0) is 15.4. The minimum atomic E-state index is -0.155. The first-order valence-electron chi connectivity index (χ1n) is 7.50. The van der Waals surface area contributed by atoms with Gasteiger partial charge in [-0.15, -0.1) is 0 Å². The van der Waals surface area contributed by atoms with Gasteiger partial charge in [-0.1, -0.05) is 50.0 Å². The molecular weight excluding hydrogens is 305 g/mol. The van der Waals surface area contributed by atoms with Crippen LogP contribution in [-0.4, -0.2) is 11.9 Å². The van der Waals surface area contributed by atoms with Gasteiger partial charge in [0.15, 0.2) is 0 Å². The molecule has 1 aromatic rings. The molecule has 1 N–H and O–H groups in total. The number of rotatable bonds is 2. The molecule has 2 nitrogen and oxygen atoms in total. The fourth-order valence-electron chi connectivity index (χ4n) is 4.58. The molecule has 3 atom stereocenters. The SMILES string of the molecule is CC12CCC(C1)C(C)(C)C2NC(=O)c1c(Cl)cccc1Cl. The molecule has 3 unspecified atom stereocenters. The van der Waals surface area contributed by atoms with E-state index >= 15 is 0 Å². The number of carbonyl (C=O) groups is 1. The third kappa shape index (κ3) is 2.27. The van der Waals surface area contributed by atoms with Gasteiger partial charge in [-0.3, -0.25) is 4.79 Å². The van der Waals surface area contributed by atoms with Crippen molar-refractivity contribution in [2.75, 3.05) is 0 Å². The average Bonchev–Trinajstić information content (AvgIpc) is 2.86. The lowest BCUT2D eigenvalue weighted by Gasteiger charge is -2.43. The number of benzene rings is 1. The maximum atomic E-state index is 12.7. The molecule has 0 aliphatic heterocycles. The lowest BCUT2D eigenvalue weighted by molar-refractivity contribution is 0.0738. The van der Waals surface area contributed by atoms with Crippen LogP contribution in [-0.2, 0) is 0 Å². The molecular formula is C17H21Cl2NO. The van der Waals surface area contributed by atoms with E-state index in [2.05, 4.69) is 26.1 Å². The van der Waals surface area contributed by atoms with Gasteiger partial charge in [0.25, 0.3) is 5.91 Å². The fourth-order valence-corrected chi connectivity index (χ4v) is 5.15. The summed E-state index contributed by atoms with van der Waals surface area (Å²) in [6, 6.07) is 5.33. The standard InChI is InChI=1S/C17H21Cl2NO/c1-16(2)10-7-8-17(3,9-10)15(16)20-14(21)13-11(18)5-4-6-12(13)19/h4-6,10,15H,7-9H2,1-3H3,(H,20,21). The Morgan fingerprint density at radius 3 is 2.38 bits per heavy atom. The van der Waals surface area contributed by atoms with E-state index in [-0.39, 0.29) is 22.8 Å². The number of nitrogens with one attached hydrogen (secondary N) is 1. The fraction of sp³-hybridized carbons (Fsp3) is 0.588. The third-order valence-corrected chi connectivity index (χ3v) is 6.36. The van der Waals surface area contributed by atoms with Crippen molar-refractivity contribution in [1.29, 1.82) is 0 Å². The maximum Gasteiger partial charge on any atom is 0.254 e. The highest BCUT2D eigenvalue weighted by atomic mass is 35.5. The van der Waals surface area contributed by atoms with Crippen LogP contribution < -0.4 is 5.32 Å². The summed E-state index contributed by atoms with van der Waals surface area (Å²) in [7, 11) is 0. The Morgan fingerprint density at radius 2 is 1.86 bits per heavy atom. The summed E-state index contributed by atoms with van der Waals surface area (Å²) in [6.07, 6.45) is 3.65. The average molecular weight is 326 g/mol. The van der Waals surface area contributed by atoms with Crippen LogP contribution in [0.15, 0.2) is 18.2 Å². The Kier molecular flexibility index (Phi) is 3.53. The van der Waals surface area contributed by atoms with E-state index < -0.39 is 0 Å². The molecule has 21 heavy (non-hydrogen) atoms. The van der Waals surface area contributed by atoms with Crippen molar-refractivity contribution >= 4 is 29.1 Å². The molecule has 4 heteroatoms. The van der Waals surface area contributed by atoms with Crippen LogP contribution in [0, 0.1) is 16.7 Å². The lowest BCUT2D eigenvalue weighted by Crippen LogP contribution is -2.52. The van der Waals surface area contributed by atoms with E-state index in [1.54, 1.807) is 18.2 Å². The van der Waals surface area contributed by atoms with Gasteiger partial charge in [0.2, 0.25) is 0 Å². The second kappa shape index (κ2) is 4.89. The van der Waals surface area contributed by atoms with Gasteiger partial charge in [-0.05, 0) is 48.1 Å². The van der Waals surface area contributed by atoms with E-state index in [4.69, 9.17) is 23.2 Å². The molecule has 0 aromatic heterocycles. The number of carbonyl (C=O) groups excluding carboxylic acids is 1. The van der Waals surface area contributed by atoms with E-state index in [0.717, 1.165) is 0 Å². The van der Waals surface area contributed by atoms with E-state index in [1.165, 1.54) is 19.3 Å². The molecule has 2 aliphatic carbocycles. The van der Waals surface area contributed by atoms with Crippen molar-refractivity contribution in [2.45, 2.75) is 46.1 Å².